The van der Waals surface area contributed by atoms with Crippen molar-refractivity contribution in [3.05, 3.63) is 0 Å². The van der Waals surface area contributed by atoms with Gasteiger partial charge < -0.3 is 9.53 Å². The van der Waals surface area contributed by atoms with Gasteiger partial charge in [-0.2, -0.15) is 0 Å². The van der Waals surface area contributed by atoms with Crippen LogP contribution in [0.4, 0.5) is 0 Å². The number of Topliss-reactive ketones (excluding diaryl/α,β-unsaturated/α-hetero) is 1. The number of ketones is 1. The van der Waals surface area contributed by atoms with E-state index in [1.165, 1.54) is 25.7 Å². The number of hydrogen-bond acceptors (Lipinski definition) is 2. The first-order valence-corrected chi connectivity index (χ1v) is 6.11. The van der Waals surface area contributed by atoms with Crippen molar-refractivity contribution in [2.45, 2.75) is 65.4 Å². The number of ether oxygens (including phenoxy) is 1. The minimum Gasteiger partial charge on any atom is -0.378 e. The molecule has 0 aromatic rings. The Morgan fingerprint density at radius 1 is 1.33 bits per heavy atom. The van der Waals surface area contributed by atoms with Crippen molar-refractivity contribution in [2.24, 2.45) is 5.41 Å². The summed E-state index contributed by atoms with van der Waals surface area (Å²) in [6, 6.07) is 0. The molecule has 88 valence electrons. The second kappa shape index (κ2) is 5.64. The molecule has 0 aromatic heterocycles. The first kappa shape index (κ1) is 12.7. The van der Waals surface area contributed by atoms with Crippen molar-refractivity contribution in [3.8, 4) is 0 Å². The molecule has 0 unspecified atom stereocenters. The summed E-state index contributed by atoms with van der Waals surface area (Å²) in [5.41, 5.74) is 0.513. The Labute approximate surface area is 93.4 Å². The fourth-order valence-corrected chi connectivity index (χ4v) is 2.11. The largest absolute Gasteiger partial charge is 0.378 e. The standard InChI is InChI=1S/C13H24O2/c1-11(14)5-4-10-15-12-6-8-13(2,3)9-7-12/h12H,4-10H2,1-3H3. The Bertz CT molecular complexity index is 199. The predicted octanol–water partition coefficient (Wildman–Crippen LogP) is 3.34. The number of rotatable bonds is 5. The molecule has 0 N–H and O–H groups in total. The van der Waals surface area contributed by atoms with Gasteiger partial charge in [-0.25, -0.2) is 0 Å². The van der Waals surface area contributed by atoms with Gasteiger partial charge in [-0.1, -0.05) is 13.8 Å². The maximum atomic E-state index is 10.7. The summed E-state index contributed by atoms with van der Waals surface area (Å²) in [6.45, 7) is 7.06. The van der Waals surface area contributed by atoms with Crippen molar-refractivity contribution >= 4 is 5.78 Å². The molecule has 15 heavy (non-hydrogen) atoms. The highest BCUT2D eigenvalue weighted by atomic mass is 16.5. The molecule has 0 atom stereocenters. The van der Waals surface area contributed by atoms with Gasteiger partial charge in [0.05, 0.1) is 6.10 Å². The summed E-state index contributed by atoms with van der Waals surface area (Å²) in [6.07, 6.45) is 6.91. The first-order valence-electron chi connectivity index (χ1n) is 6.11. The monoisotopic (exact) mass is 212 g/mol. The molecule has 0 heterocycles. The maximum absolute atomic E-state index is 10.7. The van der Waals surface area contributed by atoms with Crippen LogP contribution in [0.3, 0.4) is 0 Å². The average Bonchev–Trinajstić information content (AvgIpc) is 2.14. The Morgan fingerprint density at radius 2 is 1.93 bits per heavy atom. The van der Waals surface area contributed by atoms with Gasteiger partial charge in [0.1, 0.15) is 5.78 Å². The lowest BCUT2D eigenvalue weighted by molar-refractivity contribution is -0.117. The minimum absolute atomic E-state index is 0.267. The van der Waals surface area contributed by atoms with Gasteiger partial charge in [0, 0.05) is 13.0 Å². The fourth-order valence-electron chi connectivity index (χ4n) is 2.11. The third-order valence-corrected chi connectivity index (χ3v) is 3.31. The lowest BCUT2D eigenvalue weighted by Gasteiger charge is -2.34. The molecule has 2 heteroatoms. The van der Waals surface area contributed by atoms with E-state index in [2.05, 4.69) is 13.8 Å². The summed E-state index contributed by atoms with van der Waals surface area (Å²) in [5.74, 6) is 0.267. The molecule has 1 fully saturated rings. The molecule has 1 rings (SSSR count). The van der Waals surface area contributed by atoms with Gasteiger partial charge in [-0.3, -0.25) is 0 Å². The first-order chi connectivity index (χ1) is 6.99. The molecule has 0 bridgehead atoms. The van der Waals surface area contributed by atoms with Crippen LogP contribution in [0.2, 0.25) is 0 Å². The summed E-state index contributed by atoms with van der Waals surface area (Å²) in [4.78, 5) is 10.7. The van der Waals surface area contributed by atoms with Crippen LogP contribution < -0.4 is 0 Å². The normalized spacial score (nSPS) is 21.5. The number of carbonyl (C=O) groups excluding carboxylic acids is 1. The molecule has 0 amide bonds. The Hall–Kier alpha value is -0.370. The molecular formula is C13H24O2. The van der Waals surface area contributed by atoms with E-state index in [0.29, 0.717) is 17.9 Å². The lowest BCUT2D eigenvalue weighted by atomic mass is 9.76. The molecule has 1 aliphatic rings. The van der Waals surface area contributed by atoms with Gasteiger partial charge in [-0.15, -0.1) is 0 Å². The van der Waals surface area contributed by atoms with Crippen LogP contribution >= 0.6 is 0 Å². The van der Waals surface area contributed by atoms with E-state index in [9.17, 15) is 4.79 Å². The van der Waals surface area contributed by atoms with Crippen LogP contribution in [-0.4, -0.2) is 18.5 Å². The van der Waals surface area contributed by atoms with E-state index < -0.39 is 0 Å². The van der Waals surface area contributed by atoms with Crippen LogP contribution in [0, 0.1) is 5.41 Å². The SMILES string of the molecule is CC(=O)CCCOC1CCC(C)(C)CC1. The smallest absolute Gasteiger partial charge is 0.129 e. The zero-order chi connectivity index (χ0) is 11.3. The highest BCUT2D eigenvalue weighted by Gasteiger charge is 2.26. The van der Waals surface area contributed by atoms with Crippen LogP contribution in [-0.2, 0) is 9.53 Å². The van der Waals surface area contributed by atoms with Gasteiger partial charge in [0.15, 0.2) is 0 Å². The van der Waals surface area contributed by atoms with Gasteiger partial charge in [0.25, 0.3) is 0 Å². The van der Waals surface area contributed by atoms with Crippen molar-refractivity contribution in [1.29, 1.82) is 0 Å². The van der Waals surface area contributed by atoms with Gasteiger partial charge in [-0.05, 0) is 44.4 Å². The number of carbonyl (C=O) groups is 1. The van der Waals surface area contributed by atoms with E-state index in [4.69, 9.17) is 4.74 Å². The molecular weight excluding hydrogens is 188 g/mol. The summed E-state index contributed by atoms with van der Waals surface area (Å²) in [7, 11) is 0. The third-order valence-electron chi connectivity index (χ3n) is 3.31. The Morgan fingerprint density at radius 3 is 2.47 bits per heavy atom. The average molecular weight is 212 g/mol. The van der Waals surface area contributed by atoms with E-state index in [1.807, 2.05) is 0 Å². The second-order valence-electron chi connectivity index (χ2n) is 5.54. The molecule has 2 nitrogen and oxygen atoms in total. The molecule has 1 aliphatic carbocycles. The summed E-state index contributed by atoms with van der Waals surface area (Å²) < 4.78 is 5.77. The lowest BCUT2D eigenvalue weighted by Crippen LogP contribution is -2.26. The molecule has 0 radical (unpaired) electrons. The van der Waals surface area contributed by atoms with Gasteiger partial charge in [0.2, 0.25) is 0 Å². The molecule has 0 saturated heterocycles. The molecule has 1 saturated carbocycles. The zero-order valence-electron chi connectivity index (χ0n) is 10.3. The van der Waals surface area contributed by atoms with Crippen molar-refractivity contribution in [3.63, 3.8) is 0 Å². The molecule has 0 aromatic carbocycles. The van der Waals surface area contributed by atoms with E-state index in [1.54, 1.807) is 6.92 Å². The fraction of sp³-hybridized carbons (Fsp3) is 0.923. The van der Waals surface area contributed by atoms with Crippen LogP contribution in [0.15, 0.2) is 0 Å². The number of hydrogen-bond donors (Lipinski definition) is 0. The van der Waals surface area contributed by atoms with E-state index in [-0.39, 0.29) is 5.78 Å². The van der Waals surface area contributed by atoms with E-state index in [0.717, 1.165) is 13.0 Å². The minimum atomic E-state index is 0.267. The van der Waals surface area contributed by atoms with Crippen molar-refractivity contribution in [2.75, 3.05) is 6.61 Å². The second-order valence-corrected chi connectivity index (χ2v) is 5.54. The van der Waals surface area contributed by atoms with Crippen LogP contribution in [0.5, 0.6) is 0 Å². The molecule has 0 aliphatic heterocycles. The maximum Gasteiger partial charge on any atom is 0.129 e. The van der Waals surface area contributed by atoms with Crippen LogP contribution in [0.25, 0.3) is 0 Å². The Kier molecular flexibility index (Phi) is 4.78. The third kappa shape index (κ3) is 5.31. The zero-order valence-corrected chi connectivity index (χ0v) is 10.3. The highest BCUT2D eigenvalue weighted by molar-refractivity contribution is 5.75. The topological polar surface area (TPSA) is 26.3 Å². The summed E-state index contributed by atoms with van der Waals surface area (Å²) in [5, 5.41) is 0. The van der Waals surface area contributed by atoms with Gasteiger partial charge >= 0.3 is 0 Å². The van der Waals surface area contributed by atoms with E-state index >= 15 is 0 Å². The Balaban J connectivity index is 2.06. The predicted molar refractivity (Wildman–Crippen MR) is 61.9 cm³/mol. The summed E-state index contributed by atoms with van der Waals surface area (Å²) >= 11 is 0. The van der Waals surface area contributed by atoms with Crippen molar-refractivity contribution < 1.29 is 9.53 Å². The quantitative estimate of drug-likeness (QED) is 0.653. The van der Waals surface area contributed by atoms with Crippen LogP contribution in [0.1, 0.15) is 59.3 Å². The molecule has 0 spiro atoms. The van der Waals surface area contributed by atoms with Crippen molar-refractivity contribution in [1.82, 2.24) is 0 Å². The highest BCUT2D eigenvalue weighted by Crippen LogP contribution is 2.36.